The molecule has 2 aliphatic heterocycles. The molecule has 9 rings (SSSR count). The third-order valence-electron chi connectivity index (χ3n) is 14.6. The maximum absolute atomic E-state index is 13.5. The highest BCUT2D eigenvalue weighted by atomic mass is 19.4. The van der Waals surface area contributed by atoms with E-state index in [4.69, 9.17) is 32.4 Å². The van der Waals surface area contributed by atoms with Crippen LogP contribution in [0.3, 0.4) is 0 Å². The van der Waals surface area contributed by atoms with Gasteiger partial charge in [0.25, 0.3) is 0 Å². The topological polar surface area (TPSA) is 278 Å². The molecule has 8 heterocycles. The minimum atomic E-state index is -4.76. The second kappa shape index (κ2) is 29.0. The van der Waals surface area contributed by atoms with Gasteiger partial charge in [0.1, 0.15) is 46.2 Å². The van der Waals surface area contributed by atoms with E-state index in [0.717, 1.165) is 49.1 Å². The number of hydrogen-bond acceptors (Lipinski definition) is 18. The molecule has 4 atom stereocenters. The zero-order chi connectivity index (χ0) is 63.2. The number of nitrogen functional groups attached to an aromatic ring is 3. The van der Waals surface area contributed by atoms with Gasteiger partial charge in [-0.2, -0.15) is 39.5 Å². The van der Waals surface area contributed by atoms with Gasteiger partial charge in [-0.1, -0.05) is 44.2 Å². The number of ether oxygens (including phenoxy) is 2. The summed E-state index contributed by atoms with van der Waals surface area (Å²) >= 11 is 0. The van der Waals surface area contributed by atoms with Crippen molar-refractivity contribution in [3.8, 4) is 5.88 Å². The molecule has 18 nitrogen and oxygen atoms in total. The Labute approximate surface area is 509 Å². The molecule has 2 aliphatic rings. The van der Waals surface area contributed by atoms with Gasteiger partial charge in [0.2, 0.25) is 23.2 Å². The molecule has 0 radical (unpaired) electrons. The minimum Gasteiger partial charge on any atom is -0.477 e. The van der Waals surface area contributed by atoms with Gasteiger partial charge in [-0.05, 0) is 110 Å². The number of nitrogens with zero attached hydrogens (tertiary/aromatic N) is 7. The highest BCUT2D eigenvalue weighted by Crippen LogP contribution is 2.37. The number of nitrogens with one attached hydrogen (secondary N) is 2. The van der Waals surface area contributed by atoms with Crippen molar-refractivity contribution in [2.45, 2.75) is 76.6 Å². The molecule has 0 saturated carbocycles. The van der Waals surface area contributed by atoms with Crippen molar-refractivity contribution in [1.29, 1.82) is 0 Å². The quantitative estimate of drug-likeness (QED) is 0.0365. The number of piperazine rings is 1. The summed E-state index contributed by atoms with van der Waals surface area (Å²) in [5.74, 6) is -2.35. The van der Waals surface area contributed by atoms with E-state index < -0.39 is 69.7 Å². The van der Waals surface area contributed by atoms with Crippen molar-refractivity contribution in [1.82, 2.24) is 35.2 Å². The normalized spacial score (nSPS) is 15.8. The Morgan fingerprint density at radius 1 is 0.667 bits per heavy atom. The second-order valence-corrected chi connectivity index (χ2v) is 20.4. The van der Waals surface area contributed by atoms with E-state index in [0.29, 0.717) is 51.1 Å². The first-order valence-electron chi connectivity index (χ1n) is 27.5. The Morgan fingerprint density at radius 3 is 1.63 bits per heavy atom. The Kier molecular flexibility index (Phi) is 21.9. The molecule has 0 aliphatic carbocycles. The number of carbonyl (C=O) groups is 3. The number of halogens is 9. The standard InChI is InChI=1S/C22H22F3N5O.C20H22F3N3O3.C18H20F3N5O.10H2/c1-13(16(12-26)14-6-3-2-4-7-14)29-18-10-9-17(22(23,24)25)19(30-18)20(31)15-8-5-11-28-21(15)27;1-12(13-6-9-28-10-7-13)11-29-16-5-4-15(20(21,22)23)17(26-16)18(27)14-3-2-8-25-19(14)24;1-2-11-10-26(9-8-23-11)14-6-5-13(18(19,20)21)15(25-14)16(27)12-4-3-7-24-17(12)22;;;;;;;;;;/h2-11,13,16H,12,26H2,1H3,(H2,27,28)(H,29,30);2-5,8,12-13H,6-7,9-11H2,1H3,(H2,24,25);3-7,11,23H,2,8-10H2,1H3,(H2,22,24);10*1H. The highest BCUT2D eigenvalue weighted by molar-refractivity contribution is 6.13. The third-order valence-corrected chi connectivity index (χ3v) is 14.6. The largest absolute Gasteiger partial charge is 0.477 e. The summed E-state index contributed by atoms with van der Waals surface area (Å²) in [6, 6.07) is 23.9. The molecule has 4 unspecified atom stereocenters. The lowest BCUT2D eigenvalue weighted by Gasteiger charge is -2.34. The maximum Gasteiger partial charge on any atom is 0.418 e. The smallest absolute Gasteiger partial charge is 0.418 e. The minimum absolute atomic E-state index is 0. The number of hydrogen-bond donors (Lipinski definition) is 6. The average molecular weight is 1240 g/mol. The summed E-state index contributed by atoms with van der Waals surface area (Å²) in [6.07, 6.45) is -7.44. The van der Waals surface area contributed by atoms with Crippen LogP contribution in [-0.2, 0) is 23.3 Å². The van der Waals surface area contributed by atoms with Crippen molar-refractivity contribution in [2.75, 3.05) is 73.4 Å². The number of anilines is 5. The van der Waals surface area contributed by atoms with Gasteiger partial charge >= 0.3 is 18.5 Å². The average Bonchev–Trinajstić information content (AvgIpc) is 0.803. The summed E-state index contributed by atoms with van der Waals surface area (Å²) in [6.45, 7) is 9.78. The number of nitrogens with two attached hydrogens (primary N) is 4. The fraction of sp³-hybridized carbons (Fsp3) is 0.350. The summed E-state index contributed by atoms with van der Waals surface area (Å²) in [4.78, 5) is 63.5. The first kappa shape index (κ1) is 65.7. The van der Waals surface area contributed by atoms with Gasteiger partial charge in [0, 0.05) is 96.3 Å². The number of ketones is 3. The van der Waals surface area contributed by atoms with Crippen LogP contribution in [-0.4, -0.2) is 105 Å². The molecule has 27 heteroatoms. The van der Waals surface area contributed by atoms with E-state index in [1.807, 2.05) is 56.0 Å². The molecule has 2 saturated heterocycles. The lowest BCUT2D eigenvalue weighted by Crippen LogP contribution is -2.50. The number of carbonyl (C=O) groups excluding carboxylic acids is 3. The Balaban J connectivity index is -0.000000637. The zero-order valence-electron chi connectivity index (χ0n) is 47.4. The van der Waals surface area contributed by atoms with Gasteiger partial charge in [0.05, 0.1) is 40.0 Å². The predicted molar refractivity (Wildman–Crippen MR) is 329 cm³/mol. The molecule has 482 valence electrons. The van der Waals surface area contributed by atoms with Crippen LogP contribution in [0.5, 0.6) is 5.88 Å². The predicted octanol–water partition coefficient (Wildman–Crippen LogP) is 12.6. The van der Waals surface area contributed by atoms with E-state index in [9.17, 15) is 53.9 Å². The molecule has 6 aromatic heterocycles. The molecule has 1 aromatic carbocycles. The maximum atomic E-state index is 13.5. The SMILES string of the molecule is CC(COc1ccc(C(F)(F)F)c(C(=O)c2cccnc2N)n1)C1CCOCC1.CC(Nc1ccc(C(F)(F)F)c(C(=O)c2cccnc2N)n1)C(CN)c1ccccc1.CCC1CN(c2ccc(C(F)(F)F)c(C(=O)c3cccnc3N)n2)CCN1.[HH].[HH].[HH].[HH].[HH].[HH].[HH].[HH].[HH].[HH]. The summed E-state index contributed by atoms with van der Waals surface area (Å²) < 4.78 is 132. The first-order chi connectivity index (χ1) is 41.3. The van der Waals surface area contributed by atoms with Gasteiger partial charge in [-0.25, -0.2) is 29.9 Å². The molecule has 0 amide bonds. The number of pyridine rings is 6. The van der Waals surface area contributed by atoms with E-state index >= 15 is 0 Å². The third kappa shape index (κ3) is 17.0. The molecule has 10 N–H and O–H groups in total. The van der Waals surface area contributed by atoms with Crippen LogP contribution in [0.25, 0.3) is 0 Å². The lowest BCUT2D eigenvalue weighted by atomic mass is 9.88. The van der Waals surface area contributed by atoms with E-state index in [-0.39, 0.29) is 90.6 Å². The molecular weight excluding hydrogens is 1150 g/mol. The van der Waals surface area contributed by atoms with Gasteiger partial charge in [-0.3, -0.25) is 14.4 Å². The van der Waals surface area contributed by atoms with E-state index in [1.165, 1.54) is 67.1 Å². The number of benzene rings is 1. The number of aromatic nitrogens is 6. The highest BCUT2D eigenvalue weighted by Gasteiger charge is 2.40. The van der Waals surface area contributed by atoms with Crippen molar-refractivity contribution < 1.29 is 77.6 Å². The molecule has 2 fully saturated rings. The number of rotatable bonds is 17. The van der Waals surface area contributed by atoms with E-state index in [2.05, 4.69) is 40.5 Å². The zero-order valence-corrected chi connectivity index (χ0v) is 47.4. The summed E-state index contributed by atoms with van der Waals surface area (Å²) in [5.41, 5.74) is 18.0. The van der Waals surface area contributed by atoms with Crippen molar-refractivity contribution in [3.63, 3.8) is 0 Å². The molecule has 87 heavy (non-hydrogen) atoms. The van der Waals surface area contributed by atoms with Crippen molar-refractivity contribution in [2.24, 2.45) is 17.6 Å². The van der Waals surface area contributed by atoms with Crippen LogP contribution in [0.15, 0.2) is 122 Å². The van der Waals surface area contributed by atoms with Gasteiger partial charge < -0.3 is 47.9 Å². The molecular formula is C60H84F9N13O5. The van der Waals surface area contributed by atoms with Crippen LogP contribution in [0.4, 0.5) is 68.6 Å². The van der Waals surface area contributed by atoms with Crippen LogP contribution >= 0.6 is 0 Å². The molecule has 0 bridgehead atoms. The van der Waals surface area contributed by atoms with Crippen molar-refractivity contribution >= 4 is 46.4 Å². The van der Waals surface area contributed by atoms with E-state index in [1.54, 1.807) is 0 Å². The Morgan fingerprint density at radius 2 is 1.15 bits per heavy atom. The van der Waals surface area contributed by atoms with Crippen LogP contribution in [0.1, 0.15) is 131 Å². The lowest BCUT2D eigenvalue weighted by molar-refractivity contribution is -0.139. The molecule has 7 aromatic rings. The fourth-order valence-corrected chi connectivity index (χ4v) is 9.71. The number of alkyl halides is 9. The Bertz CT molecular complexity index is 3530. The first-order valence-corrected chi connectivity index (χ1v) is 27.5. The van der Waals surface area contributed by atoms with Crippen molar-refractivity contribution in [3.05, 3.63) is 178 Å². The monoisotopic (exact) mass is 1240 g/mol. The van der Waals surface area contributed by atoms with Gasteiger partial charge in [-0.15, -0.1) is 0 Å². The second-order valence-electron chi connectivity index (χ2n) is 20.4. The summed E-state index contributed by atoms with van der Waals surface area (Å²) in [7, 11) is 0. The molecule has 0 spiro atoms. The van der Waals surface area contributed by atoms with Gasteiger partial charge in [0.15, 0.2) is 0 Å². The summed E-state index contributed by atoms with van der Waals surface area (Å²) in [5, 5.41) is 6.41. The van der Waals surface area contributed by atoms with Crippen LogP contribution in [0.2, 0.25) is 0 Å². The van der Waals surface area contributed by atoms with Crippen LogP contribution in [0, 0.1) is 11.8 Å². The van der Waals surface area contributed by atoms with Crippen LogP contribution < -0.4 is 43.2 Å². The fourth-order valence-electron chi connectivity index (χ4n) is 9.71. The Hall–Kier alpha value is -8.82.